The van der Waals surface area contributed by atoms with Crippen molar-refractivity contribution in [2.24, 2.45) is 0 Å². The number of hydrogen-bond donors (Lipinski definition) is 0. The lowest BCUT2D eigenvalue weighted by Crippen LogP contribution is -2.36. The normalized spacial score (nSPS) is 11.4. The Labute approximate surface area is 184 Å². The van der Waals surface area contributed by atoms with Gasteiger partial charge in [0.05, 0.1) is 18.4 Å². The maximum atomic E-state index is 13.5. The van der Waals surface area contributed by atoms with E-state index in [1.54, 1.807) is 18.1 Å². The van der Waals surface area contributed by atoms with E-state index in [2.05, 4.69) is 0 Å². The highest BCUT2D eigenvalue weighted by Crippen LogP contribution is 2.35. The maximum absolute atomic E-state index is 13.5. The van der Waals surface area contributed by atoms with Gasteiger partial charge in [-0.05, 0) is 45.3 Å². The number of aromatic nitrogens is 1. The number of rotatable bonds is 8. The third kappa shape index (κ3) is 4.22. The highest BCUT2D eigenvalue weighted by molar-refractivity contribution is 7.22. The molecule has 4 rings (SSSR count). The van der Waals surface area contributed by atoms with E-state index in [0.717, 1.165) is 21.4 Å². The highest BCUT2D eigenvalue weighted by atomic mass is 32.1. The number of ether oxygens (including phenoxy) is 2. The SMILES string of the molecule is CCOc1cccc2sc(N(CCN(C)C)C(=O)c3cc4cccc(OC)c4o3)nc12. The van der Waals surface area contributed by atoms with Gasteiger partial charge in [-0.25, -0.2) is 4.98 Å². The van der Waals surface area contributed by atoms with Gasteiger partial charge in [0.25, 0.3) is 5.91 Å². The highest BCUT2D eigenvalue weighted by Gasteiger charge is 2.25. The van der Waals surface area contributed by atoms with Gasteiger partial charge in [-0.3, -0.25) is 9.69 Å². The topological polar surface area (TPSA) is 68.0 Å². The first-order valence-corrected chi connectivity index (χ1v) is 10.9. The Bertz CT molecular complexity index is 1210. The summed E-state index contributed by atoms with van der Waals surface area (Å²) in [7, 11) is 5.53. The average molecular weight is 440 g/mol. The van der Waals surface area contributed by atoms with Gasteiger partial charge in [-0.15, -0.1) is 0 Å². The number of nitrogens with zero attached hydrogens (tertiary/aromatic N) is 3. The van der Waals surface area contributed by atoms with Crippen molar-refractivity contribution < 1.29 is 18.7 Å². The Morgan fingerprint density at radius 3 is 2.65 bits per heavy atom. The Morgan fingerprint density at radius 2 is 1.90 bits per heavy atom. The second kappa shape index (κ2) is 8.95. The van der Waals surface area contributed by atoms with Crippen LogP contribution < -0.4 is 14.4 Å². The molecular formula is C23H25N3O4S. The van der Waals surface area contributed by atoms with E-state index in [1.165, 1.54) is 11.3 Å². The molecule has 0 fully saturated rings. The van der Waals surface area contributed by atoms with Crippen molar-refractivity contribution >= 4 is 43.6 Å². The molecule has 162 valence electrons. The minimum atomic E-state index is -0.239. The molecule has 8 heteroatoms. The van der Waals surface area contributed by atoms with Gasteiger partial charge in [-0.2, -0.15) is 0 Å². The van der Waals surface area contributed by atoms with Crippen molar-refractivity contribution in [2.45, 2.75) is 6.92 Å². The number of carbonyl (C=O) groups excluding carboxylic acids is 1. The van der Waals surface area contributed by atoms with Crippen molar-refractivity contribution in [3.63, 3.8) is 0 Å². The van der Waals surface area contributed by atoms with Gasteiger partial charge in [0.15, 0.2) is 22.2 Å². The molecule has 0 aliphatic rings. The summed E-state index contributed by atoms with van der Waals surface area (Å²) in [5.74, 6) is 1.33. The van der Waals surface area contributed by atoms with Crippen LogP contribution in [0.15, 0.2) is 46.9 Å². The molecule has 2 aromatic heterocycles. The predicted octanol–water partition coefficient (Wildman–Crippen LogP) is 4.66. The molecule has 0 radical (unpaired) electrons. The molecule has 0 unspecified atom stereocenters. The van der Waals surface area contributed by atoms with Gasteiger partial charge in [0.2, 0.25) is 0 Å². The molecule has 0 saturated carbocycles. The molecule has 2 heterocycles. The lowest BCUT2D eigenvalue weighted by molar-refractivity contribution is 0.0960. The van der Waals surface area contributed by atoms with Crippen molar-refractivity contribution in [1.82, 2.24) is 9.88 Å². The molecule has 2 aromatic carbocycles. The van der Waals surface area contributed by atoms with Gasteiger partial charge >= 0.3 is 0 Å². The van der Waals surface area contributed by atoms with Crippen LogP contribution in [0.25, 0.3) is 21.2 Å². The Hall–Kier alpha value is -3.10. The summed E-state index contributed by atoms with van der Waals surface area (Å²) in [6, 6.07) is 13.2. The third-order valence-corrected chi connectivity index (χ3v) is 5.90. The fourth-order valence-electron chi connectivity index (χ4n) is 3.32. The fourth-order valence-corrected chi connectivity index (χ4v) is 4.33. The maximum Gasteiger partial charge on any atom is 0.295 e. The van der Waals surface area contributed by atoms with Gasteiger partial charge < -0.3 is 18.8 Å². The summed E-state index contributed by atoms with van der Waals surface area (Å²) in [5.41, 5.74) is 1.32. The molecule has 0 aliphatic carbocycles. The number of para-hydroxylation sites is 2. The number of amides is 1. The molecule has 4 aromatic rings. The Morgan fingerprint density at radius 1 is 1.13 bits per heavy atom. The van der Waals surface area contributed by atoms with Crippen molar-refractivity contribution in [3.05, 3.63) is 48.2 Å². The largest absolute Gasteiger partial charge is 0.493 e. The van der Waals surface area contributed by atoms with Gasteiger partial charge in [0.1, 0.15) is 11.3 Å². The van der Waals surface area contributed by atoms with Crippen molar-refractivity contribution in [1.29, 1.82) is 0 Å². The lowest BCUT2D eigenvalue weighted by Gasteiger charge is -2.20. The first-order chi connectivity index (χ1) is 15.0. The molecular weight excluding hydrogens is 414 g/mol. The molecule has 31 heavy (non-hydrogen) atoms. The molecule has 0 saturated heterocycles. The minimum Gasteiger partial charge on any atom is -0.493 e. The number of thiazole rings is 1. The molecule has 0 atom stereocenters. The van der Waals surface area contributed by atoms with E-state index >= 15 is 0 Å². The number of anilines is 1. The first kappa shape index (κ1) is 21.1. The molecule has 1 amide bonds. The van der Waals surface area contributed by atoms with Crippen LogP contribution in [0.2, 0.25) is 0 Å². The van der Waals surface area contributed by atoms with Crippen LogP contribution >= 0.6 is 11.3 Å². The summed E-state index contributed by atoms with van der Waals surface area (Å²) in [4.78, 5) is 22.0. The summed E-state index contributed by atoms with van der Waals surface area (Å²) in [6.45, 7) is 3.65. The van der Waals surface area contributed by atoms with Crippen LogP contribution in [0.3, 0.4) is 0 Å². The molecule has 0 N–H and O–H groups in total. The molecule has 7 nitrogen and oxygen atoms in total. The van der Waals surface area contributed by atoms with Crippen molar-refractivity contribution in [3.8, 4) is 11.5 Å². The Balaban J connectivity index is 1.75. The number of carbonyl (C=O) groups is 1. The first-order valence-electron chi connectivity index (χ1n) is 10.1. The Kier molecular flexibility index (Phi) is 6.11. The van der Waals surface area contributed by atoms with Gasteiger partial charge in [-0.1, -0.05) is 29.5 Å². The summed E-state index contributed by atoms with van der Waals surface area (Å²) in [5, 5.41) is 1.43. The monoisotopic (exact) mass is 439 g/mol. The number of furan rings is 1. The second-order valence-corrected chi connectivity index (χ2v) is 8.29. The second-order valence-electron chi connectivity index (χ2n) is 7.28. The molecule has 0 spiro atoms. The zero-order valence-electron chi connectivity index (χ0n) is 18.0. The zero-order chi connectivity index (χ0) is 22.0. The molecule has 0 aliphatic heterocycles. The van der Waals surface area contributed by atoms with E-state index in [1.807, 2.05) is 62.3 Å². The van der Waals surface area contributed by atoms with Crippen LogP contribution in [-0.4, -0.2) is 56.7 Å². The zero-order valence-corrected chi connectivity index (χ0v) is 18.9. The van der Waals surface area contributed by atoms with E-state index in [4.69, 9.17) is 18.9 Å². The van der Waals surface area contributed by atoms with Crippen molar-refractivity contribution in [2.75, 3.05) is 45.8 Å². The summed E-state index contributed by atoms with van der Waals surface area (Å²) >= 11 is 1.46. The van der Waals surface area contributed by atoms with E-state index in [9.17, 15) is 4.79 Å². The van der Waals surface area contributed by atoms with E-state index in [0.29, 0.717) is 36.2 Å². The third-order valence-electron chi connectivity index (χ3n) is 4.86. The summed E-state index contributed by atoms with van der Waals surface area (Å²) in [6.07, 6.45) is 0. The lowest BCUT2D eigenvalue weighted by atomic mass is 10.2. The molecule has 0 bridgehead atoms. The van der Waals surface area contributed by atoms with Crippen LogP contribution in [-0.2, 0) is 0 Å². The van der Waals surface area contributed by atoms with Crippen LogP contribution in [0, 0.1) is 0 Å². The predicted molar refractivity (Wildman–Crippen MR) is 124 cm³/mol. The standard InChI is InChI=1S/C23H25N3O4S/c1-5-29-16-9-7-11-19-20(16)24-23(31-19)26(13-12-25(2)3)22(27)18-14-15-8-6-10-17(28-4)21(15)30-18/h6-11,14H,5,12-13H2,1-4H3. The summed E-state index contributed by atoms with van der Waals surface area (Å²) < 4.78 is 18.0. The number of fused-ring (bicyclic) bond motifs is 2. The quantitative estimate of drug-likeness (QED) is 0.398. The van der Waals surface area contributed by atoms with E-state index < -0.39 is 0 Å². The number of methoxy groups -OCH3 is 1. The van der Waals surface area contributed by atoms with Crippen LogP contribution in [0.1, 0.15) is 17.5 Å². The minimum absolute atomic E-state index is 0.239. The smallest absolute Gasteiger partial charge is 0.295 e. The fraction of sp³-hybridized carbons (Fsp3) is 0.304. The van der Waals surface area contributed by atoms with Gasteiger partial charge in [0, 0.05) is 18.5 Å². The van der Waals surface area contributed by atoms with E-state index in [-0.39, 0.29) is 11.7 Å². The number of hydrogen-bond acceptors (Lipinski definition) is 7. The van der Waals surface area contributed by atoms with Crippen LogP contribution in [0.5, 0.6) is 11.5 Å². The number of likely N-dealkylation sites (N-methyl/N-ethyl adjacent to an activating group) is 1. The van der Waals surface area contributed by atoms with Crippen LogP contribution in [0.4, 0.5) is 5.13 Å². The number of benzene rings is 2. The average Bonchev–Trinajstić information content (AvgIpc) is 3.38.